The highest BCUT2D eigenvalue weighted by Crippen LogP contribution is 2.25. The van der Waals surface area contributed by atoms with Gasteiger partial charge in [-0.3, -0.25) is 15.1 Å². The zero-order valence-corrected chi connectivity index (χ0v) is 9.99. The Hall–Kier alpha value is -0.610. The molecule has 1 fully saturated rings. The fourth-order valence-electron chi connectivity index (χ4n) is 2.58. The van der Waals surface area contributed by atoms with Crippen molar-refractivity contribution < 1.29 is 4.79 Å². The van der Waals surface area contributed by atoms with Gasteiger partial charge in [0, 0.05) is 6.04 Å². The Bertz CT molecular complexity index is 218. The number of hydrogen-bond donors (Lipinski definition) is 2. The van der Waals surface area contributed by atoms with Gasteiger partial charge >= 0.3 is 0 Å². The smallest absolute Gasteiger partial charge is 0.251 e. The average molecular weight is 213 g/mol. The second kappa shape index (κ2) is 5.47. The summed E-state index contributed by atoms with van der Waals surface area (Å²) in [6.07, 6.45) is 3.51. The monoisotopic (exact) mass is 213 g/mol. The molecule has 0 bridgehead atoms. The molecule has 0 aromatic heterocycles. The van der Waals surface area contributed by atoms with Crippen molar-refractivity contribution in [2.24, 2.45) is 11.8 Å². The molecule has 0 radical (unpaired) electrons. The van der Waals surface area contributed by atoms with Crippen LogP contribution in [0.2, 0.25) is 0 Å². The van der Waals surface area contributed by atoms with E-state index in [-0.39, 0.29) is 11.9 Å². The van der Waals surface area contributed by atoms with E-state index in [1.807, 2.05) is 0 Å². The highest BCUT2D eigenvalue weighted by atomic mass is 16.2. The third kappa shape index (κ3) is 2.69. The molecule has 1 aliphatic rings. The molecule has 3 N–H and O–H groups in total. The number of hydrogen-bond acceptors (Lipinski definition) is 3. The summed E-state index contributed by atoms with van der Waals surface area (Å²) < 4.78 is 0. The normalized spacial score (nSPS) is 24.5. The summed E-state index contributed by atoms with van der Waals surface area (Å²) in [4.78, 5) is 14.0. The highest BCUT2D eigenvalue weighted by molar-refractivity contribution is 5.81. The molecule has 1 rings (SSSR count). The number of rotatable bonds is 4. The van der Waals surface area contributed by atoms with Gasteiger partial charge in [-0.1, -0.05) is 20.8 Å². The molecule has 0 aromatic carbocycles. The maximum Gasteiger partial charge on any atom is 0.251 e. The number of amides is 1. The lowest BCUT2D eigenvalue weighted by Gasteiger charge is -2.33. The van der Waals surface area contributed by atoms with Crippen LogP contribution in [0.25, 0.3) is 0 Å². The number of carbonyl (C=O) groups excluding carboxylic acids is 1. The quantitative estimate of drug-likeness (QED) is 0.414. The van der Waals surface area contributed by atoms with E-state index in [0.29, 0.717) is 12.0 Å². The van der Waals surface area contributed by atoms with Gasteiger partial charge in [0.25, 0.3) is 5.91 Å². The summed E-state index contributed by atoms with van der Waals surface area (Å²) in [5.74, 6) is 5.49. The second-order valence-electron chi connectivity index (χ2n) is 4.64. The lowest BCUT2D eigenvalue weighted by molar-refractivity contribution is -0.128. The van der Waals surface area contributed by atoms with Crippen molar-refractivity contribution in [1.82, 2.24) is 10.3 Å². The van der Waals surface area contributed by atoms with E-state index in [2.05, 4.69) is 31.1 Å². The molecule has 0 spiro atoms. The first-order valence-corrected chi connectivity index (χ1v) is 5.88. The van der Waals surface area contributed by atoms with Gasteiger partial charge in [0.05, 0.1) is 6.04 Å². The van der Waals surface area contributed by atoms with Gasteiger partial charge in [0.2, 0.25) is 0 Å². The number of carbonyl (C=O) groups is 1. The van der Waals surface area contributed by atoms with E-state index in [1.54, 1.807) is 0 Å². The molecule has 15 heavy (non-hydrogen) atoms. The molecule has 1 aliphatic heterocycles. The highest BCUT2D eigenvalue weighted by Gasteiger charge is 2.35. The number of likely N-dealkylation sites (tertiary alicyclic amines) is 1. The third-order valence-corrected chi connectivity index (χ3v) is 3.29. The van der Waals surface area contributed by atoms with Crippen LogP contribution < -0.4 is 11.3 Å². The number of nitrogens with two attached hydrogens (primary N) is 1. The summed E-state index contributed by atoms with van der Waals surface area (Å²) in [7, 11) is 0. The topological polar surface area (TPSA) is 58.4 Å². The Labute approximate surface area is 92.2 Å². The molecule has 2 atom stereocenters. The standard InChI is InChI=1S/C11H23N3O/c1-4-9-6-5-7-14(9)10(8(2)3)11(15)13-12/h8-10H,4-7,12H2,1-3H3,(H,13,15). The van der Waals surface area contributed by atoms with E-state index in [1.165, 1.54) is 12.8 Å². The van der Waals surface area contributed by atoms with Crippen LogP contribution in [0.3, 0.4) is 0 Å². The number of hydrazine groups is 1. The van der Waals surface area contributed by atoms with Crippen molar-refractivity contribution in [2.45, 2.75) is 52.1 Å². The fraction of sp³-hybridized carbons (Fsp3) is 0.909. The van der Waals surface area contributed by atoms with E-state index in [0.717, 1.165) is 13.0 Å². The maximum atomic E-state index is 11.7. The molecular weight excluding hydrogens is 190 g/mol. The summed E-state index contributed by atoms with van der Waals surface area (Å²) in [6.45, 7) is 7.35. The first-order chi connectivity index (χ1) is 7.11. The number of nitrogens with zero attached hydrogens (tertiary/aromatic N) is 1. The lowest BCUT2D eigenvalue weighted by Crippen LogP contribution is -2.53. The lowest BCUT2D eigenvalue weighted by atomic mass is 10.00. The van der Waals surface area contributed by atoms with Crippen LogP contribution in [0.15, 0.2) is 0 Å². The summed E-state index contributed by atoms with van der Waals surface area (Å²) >= 11 is 0. The van der Waals surface area contributed by atoms with Gasteiger partial charge in [-0.05, 0) is 31.7 Å². The Kier molecular flexibility index (Phi) is 4.54. The van der Waals surface area contributed by atoms with E-state index < -0.39 is 0 Å². The van der Waals surface area contributed by atoms with Gasteiger partial charge in [-0.25, -0.2) is 5.84 Å². The Morgan fingerprint density at radius 1 is 1.60 bits per heavy atom. The minimum Gasteiger partial charge on any atom is -0.293 e. The zero-order chi connectivity index (χ0) is 11.4. The second-order valence-corrected chi connectivity index (χ2v) is 4.64. The van der Waals surface area contributed by atoms with E-state index >= 15 is 0 Å². The van der Waals surface area contributed by atoms with Gasteiger partial charge in [0.15, 0.2) is 0 Å². The van der Waals surface area contributed by atoms with Crippen molar-refractivity contribution in [3.63, 3.8) is 0 Å². The minimum absolute atomic E-state index is 0.0506. The van der Waals surface area contributed by atoms with Crippen LogP contribution in [0.4, 0.5) is 0 Å². The van der Waals surface area contributed by atoms with Crippen molar-refractivity contribution in [2.75, 3.05) is 6.54 Å². The fourth-order valence-corrected chi connectivity index (χ4v) is 2.58. The van der Waals surface area contributed by atoms with Crippen molar-refractivity contribution in [3.05, 3.63) is 0 Å². The van der Waals surface area contributed by atoms with Crippen LogP contribution >= 0.6 is 0 Å². The summed E-state index contributed by atoms with van der Waals surface area (Å²) in [6, 6.07) is 0.483. The van der Waals surface area contributed by atoms with Gasteiger partial charge in [-0.2, -0.15) is 0 Å². The average Bonchev–Trinajstić information content (AvgIpc) is 2.65. The molecular formula is C11H23N3O. The van der Waals surface area contributed by atoms with E-state index in [4.69, 9.17) is 5.84 Å². The molecule has 88 valence electrons. The van der Waals surface area contributed by atoms with Crippen molar-refractivity contribution in [1.29, 1.82) is 0 Å². The summed E-state index contributed by atoms with van der Waals surface area (Å²) in [5, 5.41) is 0. The first-order valence-electron chi connectivity index (χ1n) is 5.88. The molecule has 1 saturated heterocycles. The molecule has 0 saturated carbocycles. The van der Waals surface area contributed by atoms with Crippen molar-refractivity contribution >= 4 is 5.91 Å². The largest absolute Gasteiger partial charge is 0.293 e. The summed E-state index contributed by atoms with van der Waals surface area (Å²) in [5.41, 5.74) is 2.29. The molecule has 0 aliphatic carbocycles. The molecule has 1 heterocycles. The predicted molar refractivity (Wildman–Crippen MR) is 61.0 cm³/mol. The predicted octanol–water partition coefficient (Wildman–Crippen LogP) is 0.875. The van der Waals surface area contributed by atoms with Crippen LogP contribution in [-0.2, 0) is 4.79 Å². The first kappa shape index (κ1) is 12.5. The minimum atomic E-state index is -0.0672. The van der Waals surface area contributed by atoms with Crippen LogP contribution in [0.1, 0.15) is 40.0 Å². The van der Waals surface area contributed by atoms with Crippen molar-refractivity contribution in [3.8, 4) is 0 Å². The van der Waals surface area contributed by atoms with Gasteiger partial charge < -0.3 is 0 Å². The molecule has 4 nitrogen and oxygen atoms in total. The number of nitrogens with one attached hydrogen (secondary N) is 1. The third-order valence-electron chi connectivity index (χ3n) is 3.29. The molecule has 4 heteroatoms. The Balaban J connectivity index is 2.74. The van der Waals surface area contributed by atoms with Crippen LogP contribution in [-0.4, -0.2) is 29.4 Å². The van der Waals surface area contributed by atoms with Crippen LogP contribution in [0.5, 0.6) is 0 Å². The van der Waals surface area contributed by atoms with Gasteiger partial charge in [0.1, 0.15) is 0 Å². The maximum absolute atomic E-state index is 11.7. The van der Waals surface area contributed by atoms with E-state index in [9.17, 15) is 4.79 Å². The molecule has 1 amide bonds. The Morgan fingerprint density at radius 2 is 2.27 bits per heavy atom. The molecule has 0 aromatic rings. The SMILES string of the molecule is CCC1CCCN1C(C(=O)NN)C(C)C. The zero-order valence-electron chi connectivity index (χ0n) is 9.99. The Morgan fingerprint density at radius 3 is 2.73 bits per heavy atom. The van der Waals surface area contributed by atoms with Crippen LogP contribution in [0, 0.1) is 5.92 Å². The van der Waals surface area contributed by atoms with Gasteiger partial charge in [-0.15, -0.1) is 0 Å². The molecule has 2 unspecified atom stereocenters.